The average Bonchev–Trinajstić information content (AvgIpc) is 2.05. The number of hydrogen-bond donors (Lipinski definition) is 1. The van der Waals surface area contributed by atoms with Crippen LogP contribution in [0.15, 0.2) is 29.2 Å². The molecule has 1 N–H and O–H groups in total. The number of rotatable bonds is 3. The van der Waals surface area contributed by atoms with Gasteiger partial charge < -0.3 is 9.84 Å². The monoisotopic (exact) mass is 184 g/mol. The first-order chi connectivity index (χ1) is 5.72. The van der Waals surface area contributed by atoms with E-state index in [9.17, 15) is 0 Å². The second kappa shape index (κ2) is 4.38. The van der Waals surface area contributed by atoms with Gasteiger partial charge in [-0.3, -0.25) is 0 Å². The van der Waals surface area contributed by atoms with Gasteiger partial charge in [0.2, 0.25) is 0 Å². The van der Waals surface area contributed by atoms with Crippen molar-refractivity contribution in [2.24, 2.45) is 0 Å². The number of methoxy groups -OCH3 is 1. The Balaban J connectivity index is 2.65. The SMILES string of the molecule is COc1ccc(SC(C)O)cc1. The van der Waals surface area contributed by atoms with Crippen LogP contribution in [0.3, 0.4) is 0 Å². The molecule has 2 nitrogen and oxygen atoms in total. The van der Waals surface area contributed by atoms with Crippen molar-refractivity contribution in [2.45, 2.75) is 17.3 Å². The molecule has 0 fully saturated rings. The lowest BCUT2D eigenvalue weighted by atomic mass is 10.3. The Hall–Kier alpha value is -0.670. The lowest BCUT2D eigenvalue weighted by Crippen LogP contribution is -1.90. The fraction of sp³-hybridized carbons (Fsp3) is 0.333. The zero-order chi connectivity index (χ0) is 8.97. The second-order valence-corrected chi connectivity index (χ2v) is 3.78. The van der Waals surface area contributed by atoms with Crippen molar-refractivity contribution < 1.29 is 9.84 Å². The highest BCUT2D eigenvalue weighted by Crippen LogP contribution is 2.23. The van der Waals surface area contributed by atoms with Crippen molar-refractivity contribution >= 4 is 11.8 Å². The highest BCUT2D eigenvalue weighted by atomic mass is 32.2. The minimum atomic E-state index is -0.363. The van der Waals surface area contributed by atoms with E-state index in [4.69, 9.17) is 9.84 Å². The number of aliphatic hydroxyl groups excluding tert-OH is 1. The third kappa shape index (κ3) is 2.75. The van der Waals surface area contributed by atoms with Crippen LogP contribution in [0.1, 0.15) is 6.92 Å². The molecule has 0 saturated carbocycles. The number of aliphatic hydroxyl groups is 1. The molecule has 1 atom stereocenters. The Bertz CT molecular complexity index is 231. The fourth-order valence-corrected chi connectivity index (χ4v) is 1.54. The van der Waals surface area contributed by atoms with Crippen molar-refractivity contribution in [2.75, 3.05) is 7.11 Å². The van der Waals surface area contributed by atoms with Crippen LogP contribution in [0.5, 0.6) is 5.75 Å². The molecule has 0 heterocycles. The van der Waals surface area contributed by atoms with Gasteiger partial charge in [0.05, 0.1) is 7.11 Å². The maximum atomic E-state index is 9.06. The molecule has 0 radical (unpaired) electrons. The van der Waals surface area contributed by atoms with Crippen LogP contribution in [0, 0.1) is 0 Å². The molecule has 0 bridgehead atoms. The van der Waals surface area contributed by atoms with Gasteiger partial charge >= 0.3 is 0 Å². The van der Waals surface area contributed by atoms with E-state index in [0.717, 1.165) is 10.6 Å². The molecule has 0 saturated heterocycles. The largest absolute Gasteiger partial charge is 0.497 e. The van der Waals surface area contributed by atoms with Gasteiger partial charge in [-0.15, -0.1) is 0 Å². The molecule has 0 amide bonds. The van der Waals surface area contributed by atoms with Crippen molar-refractivity contribution in [3.05, 3.63) is 24.3 Å². The molecule has 0 aliphatic heterocycles. The standard InChI is InChI=1S/C9H12O2S/c1-7(10)12-9-5-3-8(11-2)4-6-9/h3-7,10H,1-2H3. The molecule has 3 heteroatoms. The summed E-state index contributed by atoms with van der Waals surface area (Å²) in [6, 6.07) is 7.61. The normalized spacial score (nSPS) is 12.6. The van der Waals surface area contributed by atoms with Gasteiger partial charge in [0.15, 0.2) is 0 Å². The van der Waals surface area contributed by atoms with Crippen molar-refractivity contribution in [1.82, 2.24) is 0 Å². The van der Waals surface area contributed by atoms with Crippen molar-refractivity contribution in [3.63, 3.8) is 0 Å². The number of hydrogen-bond acceptors (Lipinski definition) is 3. The lowest BCUT2D eigenvalue weighted by Gasteiger charge is -2.04. The highest BCUT2D eigenvalue weighted by Gasteiger charge is 1.98. The summed E-state index contributed by atoms with van der Waals surface area (Å²) in [6.45, 7) is 1.74. The minimum absolute atomic E-state index is 0.363. The number of benzene rings is 1. The van der Waals surface area contributed by atoms with E-state index in [0.29, 0.717) is 0 Å². The first-order valence-electron chi connectivity index (χ1n) is 3.71. The second-order valence-electron chi connectivity index (χ2n) is 2.39. The Morgan fingerprint density at radius 2 is 1.92 bits per heavy atom. The fourth-order valence-electron chi connectivity index (χ4n) is 0.851. The van der Waals surface area contributed by atoms with Crippen LogP contribution in [0.4, 0.5) is 0 Å². The molecule has 0 aromatic heterocycles. The molecule has 1 aromatic rings. The summed E-state index contributed by atoms with van der Waals surface area (Å²) < 4.78 is 5.00. The summed E-state index contributed by atoms with van der Waals surface area (Å²) >= 11 is 1.42. The van der Waals surface area contributed by atoms with E-state index >= 15 is 0 Å². The predicted octanol–water partition coefficient (Wildman–Crippen LogP) is 2.13. The molecule has 12 heavy (non-hydrogen) atoms. The molecule has 1 unspecified atom stereocenters. The van der Waals surface area contributed by atoms with E-state index in [1.54, 1.807) is 14.0 Å². The zero-order valence-electron chi connectivity index (χ0n) is 7.15. The van der Waals surface area contributed by atoms with Crippen LogP contribution in [-0.4, -0.2) is 17.7 Å². The first-order valence-corrected chi connectivity index (χ1v) is 4.59. The maximum absolute atomic E-state index is 9.06. The topological polar surface area (TPSA) is 29.5 Å². The minimum Gasteiger partial charge on any atom is -0.497 e. The van der Waals surface area contributed by atoms with Crippen LogP contribution >= 0.6 is 11.8 Å². The summed E-state index contributed by atoms with van der Waals surface area (Å²) in [5, 5.41) is 9.06. The van der Waals surface area contributed by atoms with E-state index in [2.05, 4.69) is 0 Å². The van der Waals surface area contributed by atoms with Gasteiger partial charge in [0, 0.05) is 4.90 Å². The van der Waals surface area contributed by atoms with E-state index < -0.39 is 0 Å². The molecular weight excluding hydrogens is 172 g/mol. The third-order valence-electron chi connectivity index (χ3n) is 1.37. The van der Waals surface area contributed by atoms with Gasteiger partial charge in [-0.25, -0.2) is 0 Å². The van der Waals surface area contributed by atoms with Gasteiger partial charge in [-0.1, -0.05) is 11.8 Å². The quantitative estimate of drug-likeness (QED) is 0.576. The molecule has 1 aromatic carbocycles. The van der Waals surface area contributed by atoms with Crippen LogP contribution in [0.2, 0.25) is 0 Å². The smallest absolute Gasteiger partial charge is 0.118 e. The van der Waals surface area contributed by atoms with Crippen molar-refractivity contribution in [3.8, 4) is 5.75 Å². The molecule has 0 aliphatic carbocycles. The Kier molecular flexibility index (Phi) is 3.44. The summed E-state index contributed by atoms with van der Waals surface area (Å²) in [6.07, 6.45) is 0. The summed E-state index contributed by atoms with van der Waals surface area (Å²) in [7, 11) is 1.64. The maximum Gasteiger partial charge on any atom is 0.118 e. The number of ether oxygens (including phenoxy) is 1. The molecular formula is C9H12O2S. The van der Waals surface area contributed by atoms with Gasteiger partial charge in [-0.05, 0) is 31.2 Å². The third-order valence-corrected chi connectivity index (χ3v) is 2.25. The highest BCUT2D eigenvalue weighted by molar-refractivity contribution is 7.99. The van der Waals surface area contributed by atoms with Gasteiger partial charge in [-0.2, -0.15) is 0 Å². The van der Waals surface area contributed by atoms with Crippen LogP contribution in [-0.2, 0) is 0 Å². The summed E-state index contributed by atoms with van der Waals surface area (Å²) in [4.78, 5) is 1.05. The molecule has 66 valence electrons. The first kappa shape index (κ1) is 9.42. The van der Waals surface area contributed by atoms with Crippen LogP contribution in [0.25, 0.3) is 0 Å². The Morgan fingerprint density at radius 1 is 1.33 bits per heavy atom. The van der Waals surface area contributed by atoms with E-state index in [1.807, 2.05) is 24.3 Å². The molecule has 0 spiro atoms. The number of thioether (sulfide) groups is 1. The zero-order valence-corrected chi connectivity index (χ0v) is 7.97. The Labute approximate surface area is 76.6 Å². The van der Waals surface area contributed by atoms with E-state index in [-0.39, 0.29) is 5.44 Å². The lowest BCUT2D eigenvalue weighted by molar-refractivity contribution is 0.284. The van der Waals surface area contributed by atoms with Gasteiger partial charge in [0.25, 0.3) is 0 Å². The average molecular weight is 184 g/mol. The Morgan fingerprint density at radius 3 is 2.33 bits per heavy atom. The van der Waals surface area contributed by atoms with Crippen molar-refractivity contribution in [1.29, 1.82) is 0 Å². The van der Waals surface area contributed by atoms with E-state index in [1.165, 1.54) is 11.8 Å². The summed E-state index contributed by atoms with van der Waals surface area (Å²) in [5.74, 6) is 0.838. The molecule has 0 aliphatic rings. The molecule has 1 rings (SSSR count). The summed E-state index contributed by atoms with van der Waals surface area (Å²) in [5.41, 5.74) is -0.363. The van der Waals surface area contributed by atoms with Gasteiger partial charge in [0.1, 0.15) is 11.2 Å². The van der Waals surface area contributed by atoms with Crippen LogP contribution < -0.4 is 4.74 Å². The predicted molar refractivity (Wildman–Crippen MR) is 50.5 cm³/mol.